The van der Waals surface area contributed by atoms with E-state index in [1.807, 2.05) is 11.8 Å². The number of halogens is 3. The van der Waals surface area contributed by atoms with Crippen molar-refractivity contribution in [3.05, 3.63) is 35.4 Å². The molecule has 2 fully saturated rings. The smallest absolute Gasteiger partial charge is 0.225 e. The second-order valence-corrected chi connectivity index (χ2v) is 7.61. The number of hydrogen-bond acceptors (Lipinski definition) is 2. The minimum Gasteiger partial charge on any atom is -0.357 e. The Hall–Kier alpha value is -1.45. The van der Waals surface area contributed by atoms with E-state index >= 15 is 0 Å². The molecule has 1 aromatic rings. The van der Waals surface area contributed by atoms with Crippen molar-refractivity contribution in [2.45, 2.75) is 51.5 Å². The second kappa shape index (κ2) is 11.7. The standard InChI is InChI=1S/C21H30F2N4O.HI/c1-2-24-21(25-12-10-17-18(22)8-5-9-19(17)23)26-16-11-13-27(14-16)20(28)15-6-3-4-7-15;/h5,8-9,15-16H,2-4,6-7,10-14H2,1H3,(H2,24,25,26);1H. The number of guanidine groups is 1. The first-order valence-corrected chi connectivity index (χ1v) is 10.3. The molecule has 1 heterocycles. The second-order valence-electron chi connectivity index (χ2n) is 7.61. The molecule has 0 bridgehead atoms. The van der Waals surface area contributed by atoms with Gasteiger partial charge in [-0.15, -0.1) is 24.0 Å². The van der Waals surface area contributed by atoms with Crippen LogP contribution >= 0.6 is 24.0 Å². The van der Waals surface area contributed by atoms with Crippen molar-refractivity contribution in [2.24, 2.45) is 10.9 Å². The normalized spacial score (nSPS) is 19.9. The molecule has 1 atom stereocenters. The fourth-order valence-electron chi connectivity index (χ4n) is 4.07. The monoisotopic (exact) mass is 520 g/mol. The average Bonchev–Trinajstić information content (AvgIpc) is 3.36. The third-order valence-corrected chi connectivity index (χ3v) is 5.58. The topological polar surface area (TPSA) is 56.7 Å². The third kappa shape index (κ3) is 6.52. The number of amides is 1. The zero-order valence-electron chi connectivity index (χ0n) is 16.9. The molecular formula is C21H31F2IN4O. The number of nitrogens with zero attached hydrogens (tertiary/aromatic N) is 2. The summed E-state index contributed by atoms with van der Waals surface area (Å²) in [6.07, 6.45) is 5.43. The predicted octanol–water partition coefficient (Wildman–Crippen LogP) is 3.47. The van der Waals surface area contributed by atoms with Crippen LogP contribution in [-0.4, -0.2) is 49.0 Å². The molecule has 1 amide bonds. The molecule has 1 saturated carbocycles. The maximum Gasteiger partial charge on any atom is 0.225 e. The lowest BCUT2D eigenvalue weighted by Crippen LogP contribution is -2.45. The number of carbonyl (C=O) groups is 1. The Morgan fingerprint density at radius 2 is 1.90 bits per heavy atom. The molecule has 1 unspecified atom stereocenters. The molecule has 0 radical (unpaired) electrons. The van der Waals surface area contributed by atoms with Crippen LogP contribution in [0.3, 0.4) is 0 Å². The number of likely N-dealkylation sites (tertiary alicyclic amines) is 1. The van der Waals surface area contributed by atoms with Crippen LogP contribution < -0.4 is 10.6 Å². The first kappa shape index (κ1) is 23.8. The fraction of sp³-hybridized carbons (Fsp3) is 0.619. The Morgan fingerprint density at radius 1 is 1.21 bits per heavy atom. The lowest BCUT2D eigenvalue weighted by atomic mass is 10.1. The lowest BCUT2D eigenvalue weighted by molar-refractivity contribution is -0.134. The van der Waals surface area contributed by atoms with Gasteiger partial charge in [0.15, 0.2) is 5.96 Å². The molecule has 162 valence electrons. The van der Waals surface area contributed by atoms with Gasteiger partial charge in [0.25, 0.3) is 0 Å². The molecular weight excluding hydrogens is 489 g/mol. The summed E-state index contributed by atoms with van der Waals surface area (Å²) in [6, 6.07) is 4.04. The number of hydrogen-bond donors (Lipinski definition) is 2. The van der Waals surface area contributed by atoms with Crippen molar-refractivity contribution in [3.8, 4) is 0 Å². The van der Waals surface area contributed by atoms with Gasteiger partial charge in [-0.2, -0.15) is 0 Å². The summed E-state index contributed by atoms with van der Waals surface area (Å²) < 4.78 is 27.5. The van der Waals surface area contributed by atoms with E-state index in [-0.39, 0.29) is 54.5 Å². The minimum atomic E-state index is -0.537. The minimum absolute atomic E-state index is 0. The molecule has 2 aliphatic rings. The van der Waals surface area contributed by atoms with Crippen LogP contribution in [0, 0.1) is 17.6 Å². The van der Waals surface area contributed by atoms with Crippen LogP contribution in [0.4, 0.5) is 8.78 Å². The summed E-state index contributed by atoms with van der Waals surface area (Å²) >= 11 is 0. The van der Waals surface area contributed by atoms with Gasteiger partial charge in [0, 0.05) is 43.7 Å². The van der Waals surface area contributed by atoms with Crippen molar-refractivity contribution < 1.29 is 13.6 Å². The summed E-state index contributed by atoms with van der Waals surface area (Å²) in [5.74, 6) is 0.0459. The largest absolute Gasteiger partial charge is 0.357 e. The van der Waals surface area contributed by atoms with E-state index in [0.29, 0.717) is 25.0 Å². The Labute approximate surface area is 188 Å². The van der Waals surface area contributed by atoms with Gasteiger partial charge in [0.2, 0.25) is 5.91 Å². The van der Waals surface area contributed by atoms with E-state index in [1.165, 1.54) is 18.2 Å². The average molecular weight is 520 g/mol. The fourth-order valence-corrected chi connectivity index (χ4v) is 4.07. The van der Waals surface area contributed by atoms with Gasteiger partial charge < -0.3 is 15.5 Å². The van der Waals surface area contributed by atoms with E-state index in [2.05, 4.69) is 15.6 Å². The van der Waals surface area contributed by atoms with Gasteiger partial charge in [0.05, 0.1) is 0 Å². The van der Waals surface area contributed by atoms with Gasteiger partial charge in [-0.25, -0.2) is 8.78 Å². The van der Waals surface area contributed by atoms with E-state index in [9.17, 15) is 13.6 Å². The molecule has 0 spiro atoms. The van der Waals surface area contributed by atoms with Crippen molar-refractivity contribution in [3.63, 3.8) is 0 Å². The molecule has 3 rings (SSSR count). The summed E-state index contributed by atoms with van der Waals surface area (Å²) in [7, 11) is 0. The van der Waals surface area contributed by atoms with Gasteiger partial charge >= 0.3 is 0 Å². The summed E-state index contributed by atoms with van der Waals surface area (Å²) in [5, 5.41) is 6.54. The van der Waals surface area contributed by atoms with Gasteiger partial charge in [-0.3, -0.25) is 9.79 Å². The molecule has 1 aliphatic carbocycles. The van der Waals surface area contributed by atoms with Crippen molar-refractivity contribution in [1.82, 2.24) is 15.5 Å². The van der Waals surface area contributed by atoms with Crippen LogP contribution in [0.1, 0.15) is 44.6 Å². The molecule has 29 heavy (non-hydrogen) atoms. The van der Waals surface area contributed by atoms with Gasteiger partial charge in [0.1, 0.15) is 11.6 Å². The van der Waals surface area contributed by atoms with E-state index < -0.39 is 11.6 Å². The molecule has 1 aromatic carbocycles. The zero-order chi connectivity index (χ0) is 19.9. The van der Waals surface area contributed by atoms with E-state index in [4.69, 9.17) is 0 Å². The summed E-state index contributed by atoms with van der Waals surface area (Å²) in [4.78, 5) is 19.0. The number of benzene rings is 1. The zero-order valence-corrected chi connectivity index (χ0v) is 19.3. The highest BCUT2D eigenvalue weighted by Gasteiger charge is 2.32. The number of aliphatic imine (C=N–C) groups is 1. The lowest BCUT2D eigenvalue weighted by Gasteiger charge is -2.21. The Balaban J connectivity index is 0.00000300. The maximum absolute atomic E-state index is 13.7. The number of nitrogens with one attached hydrogen (secondary N) is 2. The highest BCUT2D eigenvalue weighted by molar-refractivity contribution is 14.0. The molecule has 5 nitrogen and oxygen atoms in total. The SMILES string of the molecule is CCNC(=NCCc1c(F)cccc1F)NC1CCN(C(=O)C2CCCC2)C1.I. The first-order valence-electron chi connectivity index (χ1n) is 10.3. The van der Waals surface area contributed by atoms with Crippen molar-refractivity contribution in [2.75, 3.05) is 26.2 Å². The Kier molecular flexibility index (Phi) is 9.58. The number of rotatable bonds is 6. The summed E-state index contributed by atoms with van der Waals surface area (Å²) in [5.41, 5.74) is 0.0660. The van der Waals surface area contributed by atoms with Crippen LogP contribution in [0.25, 0.3) is 0 Å². The van der Waals surface area contributed by atoms with Crippen molar-refractivity contribution >= 4 is 35.8 Å². The van der Waals surface area contributed by atoms with Crippen LogP contribution in [0.2, 0.25) is 0 Å². The Morgan fingerprint density at radius 3 is 2.55 bits per heavy atom. The molecule has 0 aromatic heterocycles. The highest BCUT2D eigenvalue weighted by Crippen LogP contribution is 2.27. The third-order valence-electron chi connectivity index (χ3n) is 5.58. The van der Waals surface area contributed by atoms with Crippen LogP contribution in [0.15, 0.2) is 23.2 Å². The molecule has 1 aliphatic heterocycles. The van der Waals surface area contributed by atoms with Gasteiger partial charge in [-0.05, 0) is 44.7 Å². The summed E-state index contributed by atoms with van der Waals surface area (Å²) in [6.45, 7) is 4.40. The Bertz CT molecular complexity index is 690. The molecule has 2 N–H and O–H groups in total. The van der Waals surface area contributed by atoms with E-state index in [1.54, 1.807) is 0 Å². The quantitative estimate of drug-likeness (QED) is 0.343. The molecule has 8 heteroatoms. The molecule has 1 saturated heterocycles. The number of carbonyl (C=O) groups excluding carboxylic acids is 1. The van der Waals surface area contributed by atoms with E-state index in [0.717, 1.165) is 38.6 Å². The maximum atomic E-state index is 13.7. The first-order chi connectivity index (χ1) is 13.6. The predicted molar refractivity (Wildman–Crippen MR) is 122 cm³/mol. The van der Waals surface area contributed by atoms with Gasteiger partial charge in [-0.1, -0.05) is 18.9 Å². The van der Waals surface area contributed by atoms with Crippen LogP contribution in [0.5, 0.6) is 0 Å². The van der Waals surface area contributed by atoms with Crippen molar-refractivity contribution in [1.29, 1.82) is 0 Å². The highest BCUT2D eigenvalue weighted by atomic mass is 127. The van der Waals surface area contributed by atoms with Crippen LogP contribution in [-0.2, 0) is 11.2 Å².